The largest absolute Gasteiger partial charge is 0.507 e. The third-order valence-electron chi connectivity index (χ3n) is 1.69. The van der Waals surface area contributed by atoms with Crippen LogP contribution < -0.4 is 5.73 Å². The highest BCUT2D eigenvalue weighted by Crippen LogP contribution is 2.23. The van der Waals surface area contributed by atoms with Gasteiger partial charge in [0.05, 0.1) is 12.1 Å². The van der Waals surface area contributed by atoms with Crippen molar-refractivity contribution in [2.24, 2.45) is 5.73 Å². The molecule has 1 aromatic rings. The van der Waals surface area contributed by atoms with E-state index in [0.29, 0.717) is 5.56 Å². The zero-order valence-electron chi connectivity index (χ0n) is 7.28. The maximum absolute atomic E-state index is 11.2. The number of nitrogens with two attached hydrogens (primary N) is 1. The number of rotatable bonds is 3. The molecule has 0 bridgehead atoms. The maximum atomic E-state index is 11.2. The molecular weight excluding hydrogens is 186 g/mol. The molecule has 0 spiro atoms. The molecule has 3 nitrogen and oxygen atoms in total. The summed E-state index contributed by atoms with van der Waals surface area (Å²) in [5, 5.41) is 9.35. The summed E-state index contributed by atoms with van der Waals surface area (Å²) in [5.74, 6) is -0.248. The number of aromatic hydroxyl groups is 1. The normalized spacial score (nSPS) is 10.0. The lowest BCUT2D eigenvalue weighted by atomic mass is 10.1. The molecule has 0 radical (unpaired) electrons. The van der Waals surface area contributed by atoms with Crippen LogP contribution in [0.15, 0.2) is 23.1 Å². The van der Waals surface area contributed by atoms with Gasteiger partial charge in [-0.2, -0.15) is 0 Å². The Labute approximate surface area is 80.9 Å². The van der Waals surface area contributed by atoms with E-state index in [-0.39, 0.29) is 18.1 Å². The number of hydrogen-bond acceptors (Lipinski definition) is 4. The van der Waals surface area contributed by atoms with Crippen molar-refractivity contribution in [3.63, 3.8) is 0 Å². The van der Waals surface area contributed by atoms with Crippen molar-refractivity contribution >= 4 is 17.5 Å². The Morgan fingerprint density at radius 1 is 1.62 bits per heavy atom. The van der Waals surface area contributed by atoms with Gasteiger partial charge in [-0.05, 0) is 24.5 Å². The molecule has 0 heterocycles. The van der Waals surface area contributed by atoms with Crippen LogP contribution in [0.4, 0.5) is 0 Å². The molecule has 70 valence electrons. The Hall–Kier alpha value is -1.00. The van der Waals surface area contributed by atoms with Gasteiger partial charge in [-0.1, -0.05) is 0 Å². The molecule has 0 aromatic heterocycles. The van der Waals surface area contributed by atoms with Crippen LogP contribution >= 0.6 is 11.8 Å². The average Bonchev–Trinajstić information content (AvgIpc) is 2.17. The van der Waals surface area contributed by atoms with Crippen molar-refractivity contribution < 1.29 is 9.90 Å². The van der Waals surface area contributed by atoms with Gasteiger partial charge in [-0.3, -0.25) is 4.79 Å². The van der Waals surface area contributed by atoms with Crippen LogP contribution in [-0.4, -0.2) is 23.7 Å². The highest BCUT2D eigenvalue weighted by molar-refractivity contribution is 7.98. The second kappa shape index (κ2) is 4.30. The van der Waals surface area contributed by atoms with Crippen LogP contribution in [0.3, 0.4) is 0 Å². The molecule has 1 rings (SSSR count). The molecular formula is C9H11NO2S. The summed E-state index contributed by atoms with van der Waals surface area (Å²) in [6.07, 6.45) is 1.91. The molecule has 0 saturated carbocycles. The topological polar surface area (TPSA) is 63.3 Å². The van der Waals surface area contributed by atoms with E-state index in [1.165, 1.54) is 17.8 Å². The van der Waals surface area contributed by atoms with Crippen LogP contribution in [0.2, 0.25) is 0 Å². The Bertz CT molecular complexity index is 325. The lowest BCUT2D eigenvalue weighted by Crippen LogP contribution is -2.13. The molecule has 0 saturated heterocycles. The van der Waals surface area contributed by atoms with E-state index in [1.807, 2.05) is 6.26 Å². The van der Waals surface area contributed by atoms with Crippen LogP contribution in [0.25, 0.3) is 0 Å². The number of phenols is 1. The van der Waals surface area contributed by atoms with Crippen LogP contribution in [-0.2, 0) is 0 Å². The van der Waals surface area contributed by atoms with E-state index in [9.17, 15) is 9.90 Å². The van der Waals surface area contributed by atoms with E-state index < -0.39 is 0 Å². The predicted octanol–water partition coefficient (Wildman–Crippen LogP) is 1.26. The van der Waals surface area contributed by atoms with Gasteiger partial charge in [0.2, 0.25) is 0 Å². The fourth-order valence-electron chi connectivity index (χ4n) is 0.975. The Morgan fingerprint density at radius 2 is 2.31 bits per heavy atom. The van der Waals surface area contributed by atoms with Gasteiger partial charge in [-0.25, -0.2) is 0 Å². The van der Waals surface area contributed by atoms with Crippen molar-refractivity contribution in [1.29, 1.82) is 0 Å². The SMILES string of the molecule is CSc1ccc(O)c(C(=O)CN)c1. The first-order valence-electron chi connectivity index (χ1n) is 3.79. The summed E-state index contributed by atoms with van der Waals surface area (Å²) in [5.41, 5.74) is 5.50. The van der Waals surface area contributed by atoms with Gasteiger partial charge in [-0.15, -0.1) is 11.8 Å². The van der Waals surface area contributed by atoms with Gasteiger partial charge in [0, 0.05) is 4.90 Å². The fourth-order valence-corrected chi connectivity index (χ4v) is 1.42. The number of phenolic OH excluding ortho intramolecular Hbond substituents is 1. The van der Waals surface area contributed by atoms with E-state index in [1.54, 1.807) is 12.1 Å². The molecule has 4 heteroatoms. The molecule has 0 fully saturated rings. The van der Waals surface area contributed by atoms with Gasteiger partial charge >= 0.3 is 0 Å². The van der Waals surface area contributed by atoms with Gasteiger partial charge in [0.15, 0.2) is 5.78 Å². The first-order chi connectivity index (χ1) is 6.19. The molecule has 0 atom stereocenters. The summed E-state index contributed by atoms with van der Waals surface area (Å²) < 4.78 is 0. The van der Waals surface area contributed by atoms with Crippen molar-refractivity contribution in [2.75, 3.05) is 12.8 Å². The first-order valence-corrected chi connectivity index (χ1v) is 5.01. The van der Waals surface area contributed by atoms with E-state index >= 15 is 0 Å². The van der Waals surface area contributed by atoms with Crippen LogP contribution in [0, 0.1) is 0 Å². The lowest BCUT2D eigenvalue weighted by molar-refractivity contribution is 0.0998. The number of carbonyl (C=O) groups is 1. The minimum Gasteiger partial charge on any atom is -0.507 e. The molecule has 3 N–H and O–H groups in total. The molecule has 0 unspecified atom stereocenters. The first kappa shape index (κ1) is 10.1. The summed E-state index contributed by atoms with van der Waals surface area (Å²) >= 11 is 1.52. The highest BCUT2D eigenvalue weighted by atomic mass is 32.2. The molecule has 0 aliphatic rings. The number of thioether (sulfide) groups is 1. The maximum Gasteiger partial charge on any atom is 0.180 e. The van der Waals surface area contributed by atoms with E-state index in [4.69, 9.17) is 5.73 Å². The standard InChI is InChI=1S/C9H11NO2S/c1-13-6-2-3-8(11)7(4-6)9(12)5-10/h2-4,11H,5,10H2,1H3. The van der Waals surface area contributed by atoms with Gasteiger partial charge in [0.1, 0.15) is 5.75 Å². The number of Topliss-reactive ketones (excluding diaryl/α,β-unsaturated/α-hetero) is 1. The quantitative estimate of drug-likeness (QED) is 0.565. The van der Waals surface area contributed by atoms with E-state index in [2.05, 4.69) is 0 Å². The monoisotopic (exact) mass is 197 g/mol. The molecule has 0 amide bonds. The Morgan fingerprint density at radius 3 is 2.85 bits per heavy atom. The van der Waals surface area contributed by atoms with Gasteiger partial charge in [0.25, 0.3) is 0 Å². The van der Waals surface area contributed by atoms with Crippen LogP contribution in [0.5, 0.6) is 5.75 Å². The summed E-state index contributed by atoms with van der Waals surface area (Å²) in [6.45, 7) is -0.0780. The minimum absolute atomic E-state index is 0.00625. The number of ketones is 1. The van der Waals surface area contributed by atoms with Crippen molar-refractivity contribution in [3.05, 3.63) is 23.8 Å². The van der Waals surface area contributed by atoms with E-state index in [0.717, 1.165) is 4.90 Å². The number of benzene rings is 1. The smallest absolute Gasteiger partial charge is 0.180 e. The highest BCUT2D eigenvalue weighted by Gasteiger charge is 2.09. The Kier molecular flexibility index (Phi) is 3.33. The van der Waals surface area contributed by atoms with Crippen molar-refractivity contribution in [1.82, 2.24) is 0 Å². The van der Waals surface area contributed by atoms with Gasteiger partial charge < -0.3 is 10.8 Å². The third kappa shape index (κ3) is 2.23. The zero-order chi connectivity index (χ0) is 9.84. The second-order valence-electron chi connectivity index (χ2n) is 2.51. The Balaban J connectivity index is 3.11. The summed E-state index contributed by atoms with van der Waals surface area (Å²) in [7, 11) is 0. The summed E-state index contributed by atoms with van der Waals surface area (Å²) in [6, 6.07) is 4.91. The zero-order valence-corrected chi connectivity index (χ0v) is 8.10. The molecule has 0 aliphatic heterocycles. The molecule has 13 heavy (non-hydrogen) atoms. The predicted molar refractivity (Wildman–Crippen MR) is 53.3 cm³/mol. The minimum atomic E-state index is -0.242. The summed E-state index contributed by atoms with van der Waals surface area (Å²) in [4.78, 5) is 12.1. The average molecular weight is 197 g/mol. The van der Waals surface area contributed by atoms with Crippen molar-refractivity contribution in [3.8, 4) is 5.75 Å². The number of hydrogen-bond donors (Lipinski definition) is 2. The number of carbonyl (C=O) groups excluding carboxylic acids is 1. The second-order valence-corrected chi connectivity index (χ2v) is 3.39. The third-order valence-corrected chi connectivity index (χ3v) is 2.41. The molecule has 1 aromatic carbocycles. The lowest BCUT2D eigenvalue weighted by Gasteiger charge is -2.03. The van der Waals surface area contributed by atoms with Crippen LogP contribution in [0.1, 0.15) is 10.4 Å². The molecule has 0 aliphatic carbocycles. The van der Waals surface area contributed by atoms with Crippen molar-refractivity contribution in [2.45, 2.75) is 4.90 Å². The fraction of sp³-hybridized carbons (Fsp3) is 0.222.